The first-order chi connectivity index (χ1) is 6.77. The molecular formula is C11H9BrN2. The lowest BCUT2D eigenvalue weighted by molar-refractivity contribution is 1.34. The minimum atomic E-state index is 0.561. The molecule has 0 aliphatic carbocycles. The van der Waals surface area contributed by atoms with E-state index in [1.54, 1.807) is 6.20 Å². The molecule has 0 saturated carbocycles. The zero-order valence-corrected chi connectivity index (χ0v) is 9.03. The summed E-state index contributed by atoms with van der Waals surface area (Å²) in [6.07, 6.45) is 1.69. The standard InChI is InChI=1S/C11H9BrN2/c12-9-4-1-3-8(7-9)10-5-2-6-14-11(10)13/h1-7H,(H2,13,14). The molecule has 0 aliphatic rings. The van der Waals surface area contributed by atoms with Crippen LogP contribution in [0.25, 0.3) is 11.1 Å². The van der Waals surface area contributed by atoms with Crippen molar-refractivity contribution in [1.82, 2.24) is 4.98 Å². The van der Waals surface area contributed by atoms with Gasteiger partial charge in [0.05, 0.1) is 0 Å². The van der Waals surface area contributed by atoms with Crippen LogP contribution in [0.3, 0.4) is 0 Å². The number of rotatable bonds is 1. The summed E-state index contributed by atoms with van der Waals surface area (Å²) in [4.78, 5) is 4.05. The molecule has 3 heteroatoms. The van der Waals surface area contributed by atoms with Crippen molar-refractivity contribution in [2.24, 2.45) is 0 Å². The lowest BCUT2D eigenvalue weighted by Crippen LogP contribution is -1.92. The highest BCUT2D eigenvalue weighted by Crippen LogP contribution is 2.25. The Morgan fingerprint density at radius 2 is 2.00 bits per heavy atom. The number of halogens is 1. The number of anilines is 1. The van der Waals surface area contributed by atoms with Gasteiger partial charge in [-0.15, -0.1) is 0 Å². The average Bonchev–Trinajstić information content (AvgIpc) is 2.18. The largest absolute Gasteiger partial charge is 0.383 e. The van der Waals surface area contributed by atoms with Crippen LogP contribution >= 0.6 is 15.9 Å². The minimum Gasteiger partial charge on any atom is -0.383 e. The number of hydrogen-bond donors (Lipinski definition) is 1. The summed E-state index contributed by atoms with van der Waals surface area (Å²) < 4.78 is 1.04. The van der Waals surface area contributed by atoms with Gasteiger partial charge >= 0.3 is 0 Å². The fourth-order valence-corrected chi connectivity index (χ4v) is 1.72. The molecule has 2 nitrogen and oxygen atoms in total. The van der Waals surface area contributed by atoms with Crippen LogP contribution < -0.4 is 5.73 Å². The molecule has 0 unspecified atom stereocenters. The summed E-state index contributed by atoms with van der Waals surface area (Å²) in [6.45, 7) is 0. The van der Waals surface area contributed by atoms with Gasteiger partial charge in [0.1, 0.15) is 5.82 Å². The van der Waals surface area contributed by atoms with Gasteiger partial charge < -0.3 is 5.73 Å². The molecule has 1 heterocycles. The highest BCUT2D eigenvalue weighted by Gasteiger charge is 2.01. The summed E-state index contributed by atoms with van der Waals surface area (Å²) >= 11 is 3.42. The van der Waals surface area contributed by atoms with Crippen molar-refractivity contribution in [3.05, 3.63) is 47.1 Å². The van der Waals surface area contributed by atoms with Crippen LogP contribution in [0.5, 0.6) is 0 Å². The maximum atomic E-state index is 5.78. The second-order valence-electron chi connectivity index (χ2n) is 2.95. The molecule has 0 fully saturated rings. The summed E-state index contributed by atoms with van der Waals surface area (Å²) in [5.41, 5.74) is 7.82. The van der Waals surface area contributed by atoms with E-state index in [2.05, 4.69) is 20.9 Å². The molecule has 2 aromatic rings. The maximum absolute atomic E-state index is 5.78. The Labute approximate surface area is 90.9 Å². The van der Waals surface area contributed by atoms with Gasteiger partial charge in [-0.2, -0.15) is 0 Å². The van der Waals surface area contributed by atoms with Gasteiger partial charge in [-0.3, -0.25) is 0 Å². The van der Waals surface area contributed by atoms with E-state index >= 15 is 0 Å². The summed E-state index contributed by atoms with van der Waals surface area (Å²) in [7, 11) is 0. The first-order valence-corrected chi connectivity index (χ1v) is 5.03. The Morgan fingerprint density at radius 1 is 1.14 bits per heavy atom. The van der Waals surface area contributed by atoms with E-state index in [-0.39, 0.29) is 0 Å². The van der Waals surface area contributed by atoms with Crippen molar-refractivity contribution >= 4 is 21.7 Å². The molecule has 14 heavy (non-hydrogen) atoms. The van der Waals surface area contributed by atoms with Crippen LogP contribution in [0.15, 0.2) is 47.1 Å². The van der Waals surface area contributed by atoms with Crippen molar-refractivity contribution in [1.29, 1.82) is 0 Å². The Hall–Kier alpha value is -1.35. The molecule has 0 bridgehead atoms. The van der Waals surface area contributed by atoms with Crippen LogP contribution in [0.1, 0.15) is 0 Å². The van der Waals surface area contributed by atoms with Gasteiger partial charge in [0, 0.05) is 16.2 Å². The van der Waals surface area contributed by atoms with E-state index in [1.165, 1.54) is 0 Å². The molecule has 0 aliphatic heterocycles. The Kier molecular flexibility index (Phi) is 2.50. The quantitative estimate of drug-likeness (QED) is 0.843. The van der Waals surface area contributed by atoms with Gasteiger partial charge in [0.15, 0.2) is 0 Å². The predicted octanol–water partition coefficient (Wildman–Crippen LogP) is 3.09. The molecule has 2 rings (SSSR count). The number of nitrogens with two attached hydrogens (primary N) is 1. The third kappa shape index (κ3) is 1.77. The molecule has 2 N–H and O–H groups in total. The van der Waals surface area contributed by atoms with E-state index in [0.29, 0.717) is 5.82 Å². The van der Waals surface area contributed by atoms with Gasteiger partial charge in [-0.25, -0.2) is 4.98 Å². The maximum Gasteiger partial charge on any atom is 0.131 e. The van der Waals surface area contributed by atoms with E-state index in [4.69, 9.17) is 5.73 Å². The molecule has 1 aromatic heterocycles. The van der Waals surface area contributed by atoms with E-state index in [1.807, 2.05) is 36.4 Å². The third-order valence-corrected chi connectivity index (χ3v) is 2.47. The van der Waals surface area contributed by atoms with Crippen molar-refractivity contribution in [3.8, 4) is 11.1 Å². The number of aromatic nitrogens is 1. The molecule has 0 amide bonds. The normalized spacial score (nSPS) is 10.1. The predicted molar refractivity (Wildman–Crippen MR) is 61.8 cm³/mol. The van der Waals surface area contributed by atoms with E-state index in [0.717, 1.165) is 15.6 Å². The highest BCUT2D eigenvalue weighted by molar-refractivity contribution is 9.10. The van der Waals surface area contributed by atoms with Crippen molar-refractivity contribution in [3.63, 3.8) is 0 Å². The average molecular weight is 249 g/mol. The molecule has 0 saturated heterocycles. The number of pyridine rings is 1. The van der Waals surface area contributed by atoms with E-state index < -0.39 is 0 Å². The van der Waals surface area contributed by atoms with Gasteiger partial charge in [-0.05, 0) is 29.8 Å². The summed E-state index contributed by atoms with van der Waals surface area (Å²) in [6, 6.07) is 11.8. The van der Waals surface area contributed by atoms with Crippen molar-refractivity contribution < 1.29 is 0 Å². The van der Waals surface area contributed by atoms with E-state index in [9.17, 15) is 0 Å². The second kappa shape index (κ2) is 3.80. The number of nitrogens with zero attached hydrogens (tertiary/aromatic N) is 1. The lowest BCUT2D eigenvalue weighted by Gasteiger charge is -2.04. The van der Waals surface area contributed by atoms with Crippen LogP contribution in [-0.4, -0.2) is 4.98 Å². The first kappa shape index (κ1) is 9.21. The zero-order chi connectivity index (χ0) is 9.97. The van der Waals surface area contributed by atoms with Crippen molar-refractivity contribution in [2.75, 3.05) is 5.73 Å². The lowest BCUT2D eigenvalue weighted by atomic mass is 10.1. The minimum absolute atomic E-state index is 0.561. The molecule has 1 aromatic carbocycles. The highest BCUT2D eigenvalue weighted by atomic mass is 79.9. The number of benzene rings is 1. The molecule has 0 radical (unpaired) electrons. The smallest absolute Gasteiger partial charge is 0.131 e. The van der Waals surface area contributed by atoms with Crippen LogP contribution in [-0.2, 0) is 0 Å². The fourth-order valence-electron chi connectivity index (χ4n) is 1.32. The SMILES string of the molecule is Nc1ncccc1-c1cccc(Br)c1. The molecule has 0 atom stereocenters. The number of hydrogen-bond acceptors (Lipinski definition) is 2. The second-order valence-corrected chi connectivity index (χ2v) is 3.86. The van der Waals surface area contributed by atoms with Crippen LogP contribution in [0.4, 0.5) is 5.82 Å². The van der Waals surface area contributed by atoms with Crippen molar-refractivity contribution in [2.45, 2.75) is 0 Å². The molecule has 70 valence electrons. The first-order valence-electron chi connectivity index (χ1n) is 4.24. The van der Waals surface area contributed by atoms with Crippen LogP contribution in [0.2, 0.25) is 0 Å². The Bertz CT molecular complexity index is 455. The topological polar surface area (TPSA) is 38.9 Å². The Morgan fingerprint density at radius 3 is 2.71 bits per heavy atom. The molecule has 0 spiro atoms. The monoisotopic (exact) mass is 248 g/mol. The Balaban J connectivity index is 2.55. The van der Waals surface area contributed by atoms with Gasteiger partial charge in [-0.1, -0.05) is 28.1 Å². The van der Waals surface area contributed by atoms with Gasteiger partial charge in [0.25, 0.3) is 0 Å². The number of nitrogen functional groups attached to an aromatic ring is 1. The van der Waals surface area contributed by atoms with Gasteiger partial charge in [0.2, 0.25) is 0 Å². The summed E-state index contributed by atoms with van der Waals surface area (Å²) in [5.74, 6) is 0.561. The van der Waals surface area contributed by atoms with Crippen LogP contribution in [0, 0.1) is 0 Å². The fraction of sp³-hybridized carbons (Fsp3) is 0. The third-order valence-electron chi connectivity index (χ3n) is 1.97. The molecular weight excluding hydrogens is 240 g/mol. The zero-order valence-electron chi connectivity index (χ0n) is 7.44. The summed E-state index contributed by atoms with van der Waals surface area (Å²) in [5, 5.41) is 0.